The zero-order chi connectivity index (χ0) is 42.6. The van der Waals surface area contributed by atoms with E-state index in [-0.39, 0.29) is 0 Å². The van der Waals surface area contributed by atoms with Gasteiger partial charge in [0.1, 0.15) is 0 Å². The molecular formula is C64H44. The van der Waals surface area contributed by atoms with Crippen LogP contribution < -0.4 is 0 Å². The number of hydrogen-bond acceptors (Lipinski definition) is 0. The maximum atomic E-state index is 2.39. The van der Waals surface area contributed by atoms with Gasteiger partial charge in [-0.25, -0.2) is 0 Å². The van der Waals surface area contributed by atoms with Crippen molar-refractivity contribution >= 4 is 44.5 Å². The monoisotopic (exact) mass is 812 g/mol. The summed E-state index contributed by atoms with van der Waals surface area (Å²) in [5.41, 5.74) is 18.4. The van der Waals surface area contributed by atoms with Crippen LogP contribution in [-0.4, -0.2) is 0 Å². The van der Waals surface area contributed by atoms with Gasteiger partial charge in [-0.1, -0.05) is 248 Å². The number of fused-ring (bicyclic) bond motifs is 6. The molecule has 0 spiro atoms. The minimum atomic E-state index is -0.433. The molecule has 0 bridgehead atoms. The average Bonchev–Trinajstić information content (AvgIpc) is 3.66. The van der Waals surface area contributed by atoms with Gasteiger partial charge >= 0.3 is 0 Å². The summed E-state index contributed by atoms with van der Waals surface area (Å²) in [6, 6.07) is 87.7. The first kappa shape index (κ1) is 37.7. The van der Waals surface area contributed by atoms with Crippen molar-refractivity contribution in [3.8, 4) is 44.5 Å². The summed E-state index contributed by atoms with van der Waals surface area (Å²) in [4.78, 5) is 0. The van der Waals surface area contributed by atoms with Gasteiger partial charge in [0, 0.05) is 0 Å². The molecule has 11 aromatic rings. The van der Waals surface area contributed by atoms with Gasteiger partial charge in [-0.3, -0.25) is 0 Å². The van der Waals surface area contributed by atoms with Gasteiger partial charge < -0.3 is 0 Å². The van der Waals surface area contributed by atoms with Gasteiger partial charge in [-0.05, 0) is 123 Å². The van der Waals surface area contributed by atoms with E-state index in [2.05, 4.69) is 256 Å². The van der Waals surface area contributed by atoms with E-state index >= 15 is 0 Å². The first-order valence-electron chi connectivity index (χ1n) is 22.3. The van der Waals surface area contributed by atoms with Crippen LogP contribution in [0.2, 0.25) is 0 Å². The summed E-state index contributed by atoms with van der Waals surface area (Å²) in [7, 11) is 0. The summed E-state index contributed by atoms with van der Waals surface area (Å²) in [6.45, 7) is 2.17. The topological polar surface area (TPSA) is 0 Å². The van der Waals surface area contributed by atoms with E-state index < -0.39 is 5.41 Å². The van der Waals surface area contributed by atoms with Gasteiger partial charge in [-0.2, -0.15) is 0 Å². The summed E-state index contributed by atoms with van der Waals surface area (Å²) in [5.74, 6) is 0. The fourth-order valence-corrected chi connectivity index (χ4v) is 10.6. The smallest absolute Gasteiger partial charge is 0.0619 e. The lowest BCUT2D eigenvalue weighted by Crippen LogP contribution is -2.28. The van der Waals surface area contributed by atoms with Crippen LogP contribution in [0.5, 0.6) is 0 Å². The molecule has 0 heteroatoms. The predicted octanol–water partition coefficient (Wildman–Crippen LogP) is 17.0. The Balaban J connectivity index is 0.906. The molecular weight excluding hydrogens is 769 g/mol. The largest absolute Gasteiger partial charge is 0.0713 e. The van der Waals surface area contributed by atoms with Crippen molar-refractivity contribution in [2.24, 2.45) is 0 Å². The third-order valence-electron chi connectivity index (χ3n) is 13.6. The molecule has 0 aliphatic heterocycles. The van der Waals surface area contributed by atoms with E-state index in [9.17, 15) is 0 Å². The summed E-state index contributed by atoms with van der Waals surface area (Å²) < 4.78 is 0. The Morgan fingerprint density at radius 3 is 1.22 bits per heavy atom. The molecule has 0 nitrogen and oxygen atoms in total. The van der Waals surface area contributed by atoms with E-state index in [1.807, 2.05) is 0 Å². The maximum Gasteiger partial charge on any atom is 0.0713 e. The van der Waals surface area contributed by atoms with Crippen LogP contribution in [0.1, 0.15) is 38.9 Å². The zero-order valence-electron chi connectivity index (χ0n) is 35.7. The molecule has 0 saturated carbocycles. The Kier molecular flexibility index (Phi) is 9.06. The van der Waals surface area contributed by atoms with E-state index in [0.29, 0.717) is 0 Å². The predicted molar refractivity (Wildman–Crippen MR) is 273 cm³/mol. The van der Waals surface area contributed by atoms with Crippen LogP contribution in [0.4, 0.5) is 0 Å². The highest BCUT2D eigenvalue weighted by Gasteiger charge is 2.45. The van der Waals surface area contributed by atoms with Gasteiger partial charge in [0.25, 0.3) is 0 Å². The molecule has 64 heavy (non-hydrogen) atoms. The van der Waals surface area contributed by atoms with Crippen molar-refractivity contribution in [3.63, 3.8) is 0 Å². The van der Waals surface area contributed by atoms with E-state index in [1.54, 1.807) is 0 Å². The summed E-state index contributed by atoms with van der Waals surface area (Å²) in [6.07, 6.45) is 4.42. The normalized spacial score (nSPS) is 12.8. The van der Waals surface area contributed by atoms with Gasteiger partial charge in [0.05, 0.1) is 5.41 Å². The molecule has 300 valence electrons. The van der Waals surface area contributed by atoms with Gasteiger partial charge in [-0.15, -0.1) is 0 Å². The molecule has 0 unspecified atom stereocenters. The summed E-state index contributed by atoms with van der Waals surface area (Å²) >= 11 is 0. The van der Waals surface area contributed by atoms with E-state index in [4.69, 9.17) is 0 Å². The second-order valence-corrected chi connectivity index (χ2v) is 17.3. The molecule has 0 saturated heterocycles. The van der Waals surface area contributed by atoms with Gasteiger partial charge in [0.2, 0.25) is 0 Å². The minimum absolute atomic E-state index is 0.433. The second kappa shape index (κ2) is 15.4. The minimum Gasteiger partial charge on any atom is -0.0619 e. The van der Waals surface area contributed by atoms with Crippen LogP contribution in [0.25, 0.3) is 89.0 Å². The first-order chi connectivity index (χ1) is 31.6. The number of hydrogen-bond donors (Lipinski definition) is 0. The van der Waals surface area contributed by atoms with Crippen molar-refractivity contribution in [1.82, 2.24) is 0 Å². The van der Waals surface area contributed by atoms with Crippen LogP contribution in [0.3, 0.4) is 0 Å². The molecule has 0 fully saturated rings. The molecule has 1 aliphatic carbocycles. The quantitative estimate of drug-likeness (QED) is 0.111. The van der Waals surface area contributed by atoms with Crippen molar-refractivity contribution in [2.75, 3.05) is 0 Å². The molecule has 0 atom stereocenters. The van der Waals surface area contributed by atoms with Crippen molar-refractivity contribution in [3.05, 3.63) is 276 Å². The molecule has 1 aliphatic rings. The highest BCUT2D eigenvalue weighted by Crippen LogP contribution is 2.56. The Hall–Kier alpha value is -8.06. The second-order valence-electron chi connectivity index (χ2n) is 17.3. The maximum absolute atomic E-state index is 2.39. The molecule has 0 amide bonds. The number of benzene rings is 11. The van der Waals surface area contributed by atoms with Crippen LogP contribution in [0.15, 0.2) is 237 Å². The fraction of sp³-hybridized carbons (Fsp3) is 0.0312. The standard InChI is InChI=1S/C64H44/c1-43-22-38-52(39-23-43)64(60-20-10-8-14-54(60)55-15-9-11-21-61(55)64)53-40-36-49(37-41-53)63-58-18-6-4-16-56(58)62(57-17-5-7-19-59(57)63)48-32-28-45(29-33-48)25-24-44-26-30-47(31-27-44)51-35-34-46-12-2-3-13-50(46)42-51/h2-42H,1H3/b25-24+. The fourth-order valence-electron chi connectivity index (χ4n) is 10.6. The molecule has 0 radical (unpaired) electrons. The Morgan fingerprint density at radius 1 is 0.312 bits per heavy atom. The molecule has 11 aromatic carbocycles. The van der Waals surface area contributed by atoms with Crippen molar-refractivity contribution in [2.45, 2.75) is 12.3 Å². The third-order valence-corrected chi connectivity index (χ3v) is 13.6. The molecule has 0 heterocycles. The van der Waals surface area contributed by atoms with E-state index in [1.165, 1.54) is 116 Å². The van der Waals surface area contributed by atoms with Crippen LogP contribution in [0, 0.1) is 6.92 Å². The lowest BCUT2D eigenvalue weighted by Gasteiger charge is -2.34. The Morgan fingerprint density at radius 2 is 0.703 bits per heavy atom. The van der Waals surface area contributed by atoms with Gasteiger partial charge in [0.15, 0.2) is 0 Å². The molecule has 0 N–H and O–H groups in total. The number of rotatable bonds is 7. The lowest BCUT2D eigenvalue weighted by molar-refractivity contribution is 0.768. The molecule has 12 rings (SSSR count). The number of aryl methyl sites for hydroxylation is 1. The Labute approximate surface area is 375 Å². The Bertz CT molecular complexity index is 3470. The highest BCUT2D eigenvalue weighted by molar-refractivity contribution is 6.21. The van der Waals surface area contributed by atoms with E-state index in [0.717, 1.165) is 0 Å². The van der Waals surface area contributed by atoms with Crippen LogP contribution >= 0.6 is 0 Å². The first-order valence-corrected chi connectivity index (χ1v) is 22.3. The molecule has 0 aromatic heterocycles. The van der Waals surface area contributed by atoms with Crippen LogP contribution in [-0.2, 0) is 5.41 Å². The highest BCUT2D eigenvalue weighted by atomic mass is 14.5. The van der Waals surface area contributed by atoms with Crippen molar-refractivity contribution in [1.29, 1.82) is 0 Å². The third kappa shape index (κ3) is 6.14. The lowest BCUT2D eigenvalue weighted by atomic mass is 9.67. The summed E-state index contributed by atoms with van der Waals surface area (Å²) in [5, 5.41) is 7.55. The zero-order valence-corrected chi connectivity index (χ0v) is 35.7. The van der Waals surface area contributed by atoms with Crippen molar-refractivity contribution < 1.29 is 0 Å². The SMILES string of the molecule is Cc1ccc(C2(c3ccc(-c4c5ccccc5c(-c5ccc(/C=C/c6ccc(-c7ccc8ccccc8c7)cc6)cc5)c5ccccc45)cc3)c3ccccc3-c3ccccc32)cc1. The average molecular weight is 813 g/mol.